The van der Waals surface area contributed by atoms with Crippen molar-refractivity contribution < 1.29 is 0 Å². The molecule has 0 unspecified atom stereocenters. The number of benzene rings is 3. The van der Waals surface area contributed by atoms with E-state index in [2.05, 4.69) is 84.0 Å². The van der Waals surface area contributed by atoms with Crippen molar-refractivity contribution in [1.82, 2.24) is 15.0 Å². The molecule has 4 rings (SSSR count). The van der Waals surface area contributed by atoms with Crippen molar-refractivity contribution in [2.45, 2.75) is 18.9 Å². The summed E-state index contributed by atoms with van der Waals surface area (Å²) in [5.74, 6) is 0. The van der Waals surface area contributed by atoms with Gasteiger partial charge in [-0.15, -0.1) is 5.10 Å². The number of para-hydroxylation sites is 1. The highest BCUT2D eigenvalue weighted by atomic mass is 15.4. The van der Waals surface area contributed by atoms with E-state index in [4.69, 9.17) is 0 Å². The molecule has 0 atom stereocenters. The van der Waals surface area contributed by atoms with E-state index >= 15 is 0 Å². The number of aromatic nitrogens is 3. The highest BCUT2D eigenvalue weighted by molar-refractivity contribution is 5.73. The molecular weight excluding hydrogens is 294 g/mol. The fourth-order valence-electron chi connectivity index (χ4n) is 3.29. The second-order valence-electron chi connectivity index (χ2n) is 6.30. The largest absolute Gasteiger partial charge is 0.243 e. The first kappa shape index (κ1) is 14.6. The van der Waals surface area contributed by atoms with Crippen molar-refractivity contribution >= 4 is 11.0 Å². The molecule has 0 radical (unpaired) electrons. The van der Waals surface area contributed by atoms with Crippen LogP contribution in [0.1, 0.15) is 18.1 Å². The summed E-state index contributed by atoms with van der Waals surface area (Å²) in [6.07, 6.45) is 0. The van der Waals surface area contributed by atoms with Crippen LogP contribution in [0, 0.1) is 0 Å². The summed E-state index contributed by atoms with van der Waals surface area (Å²) in [6, 6.07) is 29.3. The lowest BCUT2D eigenvalue weighted by Gasteiger charge is -2.31. The second kappa shape index (κ2) is 5.93. The van der Waals surface area contributed by atoms with Crippen LogP contribution in [0.4, 0.5) is 0 Å². The van der Waals surface area contributed by atoms with Gasteiger partial charge in [-0.1, -0.05) is 78.0 Å². The summed E-state index contributed by atoms with van der Waals surface area (Å²) in [5, 5.41) is 8.70. The summed E-state index contributed by atoms with van der Waals surface area (Å²) >= 11 is 0. The highest BCUT2D eigenvalue weighted by Gasteiger charge is 2.30. The summed E-state index contributed by atoms with van der Waals surface area (Å²) in [4.78, 5) is 0. The van der Waals surface area contributed by atoms with Gasteiger partial charge in [-0.2, -0.15) is 0 Å². The Morgan fingerprint density at radius 2 is 1.29 bits per heavy atom. The predicted octanol–water partition coefficient (Wildman–Crippen LogP) is 4.44. The zero-order valence-corrected chi connectivity index (χ0v) is 13.6. The minimum Gasteiger partial charge on any atom is -0.243 e. The topological polar surface area (TPSA) is 30.7 Å². The molecule has 1 aromatic heterocycles. The van der Waals surface area contributed by atoms with Gasteiger partial charge in [-0.3, -0.25) is 0 Å². The van der Waals surface area contributed by atoms with Crippen LogP contribution in [-0.2, 0) is 12.0 Å². The van der Waals surface area contributed by atoms with Crippen molar-refractivity contribution in [3.05, 3.63) is 96.1 Å². The Labute approximate surface area is 141 Å². The third kappa shape index (κ3) is 2.48. The molecule has 24 heavy (non-hydrogen) atoms. The number of hydrogen-bond acceptors (Lipinski definition) is 2. The van der Waals surface area contributed by atoms with Gasteiger partial charge in [0.15, 0.2) is 0 Å². The van der Waals surface area contributed by atoms with E-state index in [1.165, 1.54) is 11.1 Å². The Kier molecular flexibility index (Phi) is 3.62. The zero-order chi connectivity index (χ0) is 16.4. The van der Waals surface area contributed by atoms with E-state index in [-0.39, 0.29) is 5.41 Å². The quantitative estimate of drug-likeness (QED) is 0.558. The number of fused-ring (bicyclic) bond motifs is 1. The molecule has 3 aromatic carbocycles. The molecule has 0 saturated carbocycles. The smallest absolute Gasteiger partial charge is 0.113 e. The number of rotatable bonds is 4. The van der Waals surface area contributed by atoms with Crippen LogP contribution >= 0.6 is 0 Å². The summed E-state index contributed by atoms with van der Waals surface area (Å²) in [6.45, 7) is 3.01. The van der Waals surface area contributed by atoms with E-state index in [0.717, 1.165) is 17.6 Å². The van der Waals surface area contributed by atoms with Crippen LogP contribution in [0.2, 0.25) is 0 Å². The lowest BCUT2D eigenvalue weighted by atomic mass is 9.76. The normalized spacial score (nSPS) is 11.7. The molecule has 0 N–H and O–H groups in total. The van der Waals surface area contributed by atoms with Crippen LogP contribution in [0.3, 0.4) is 0 Å². The Balaban J connectivity index is 1.85. The maximum absolute atomic E-state index is 4.40. The lowest BCUT2D eigenvalue weighted by molar-refractivity contribution is 0.439. The molecule has 0 fully saturated rings. The fourth-order valence-corrected chi connectivity index (χ4v) is 3.29. The molecule has 0 saturated heterocycles. The Hall–Kier alpha value is -2.94. The Bertz CT molecular complexity index is 903. The van der Waals surface area contributed by atoms with E-state index in [9.17, 15) is 0 Å². The lowest BCUT2D eigenvalue weighted by Crippen LogP contribution is -2.30. The van der Waals surface area contributed by atoms with Gasteiger partial charge in [0.1, 0.15) is 5.52 Å². The third-order valence-electron chi connectivity index (χ3n) is 4.71. The van der Waals surface area contributed by atoms with E-state index in [1.54, 1.807) is 0 Å². The summed E-state index contributed by atoms with van der Waals surface area (Å²) < 4.78 is 2.01. The van der Waals surface area contributed by atoms with Crippen LogP contribution in [0.15, 0.2) is 84.9 Å². The van der Waals surface area contributed by atoms with Gasteiger partial charge in [-0.25, -0.2) is 4.68 Å². The molecule has 0 bridgehead atoms. The first-order valence-corrected chi connectivity index (χ1v) is 8.17. The number of nitrogens with zero attached hydrogens (tertiary/aromatic N) is 3. The molecule has 4 aromatic rings. The van der Waals surface area contributed by atoms with Gasteiger partial charge in [-0.05, 0) is 30.2 Å². The Morgan fingerprint density at radius 3 is 1.92 bits per heavy atom. The second-order valence-corrected chi connectivity index (χ2v) is 6.30. The van der Waals surface area contributed by atoms with Gasteiger partial charge >= 0.3 is 0 Å². The fraction of sp³-hybridized carbons (Fsp3) is 0.143. The van der Waals surface area contributed by atoms with Crippen LogP contribution in [-0.4, -0.2) is 15.0 Å². The molecule has 1 heterocycles. The number of hydrogen-bond donors (Lipinski definition) is 0. The SMILES string of the molecule is CC(Cn1nnc2ccccc21)(c1ccccc1)c1ccccc1. The van der Waals surface area contributed by atoms with Crippen molar-refractivity contribution in [3.8, 4) is 0 Å². The minimum absolute atomic E-state index is 0.182. The van der Waals surface area contributed by atoms with Gasteiger partial charge in [0, 0.05) is 5.41 Å². The van der Waals surface area contributed by atoms with Crippen molar-refractivity contribution in [3.63, 3.8) is 0 Å². The standard InChI is InChI=1S/C21H19N3/c1-21(17-10-4-2-5-11-17,18-12-6-3-7-13-18)16-24-20-15-9-8-14-19(20)22-23-24/h2-15H,16H2,1H3. The monoisotopic (exact) mass is 313 g/mol. The first-order valence-electron chi connectivity index (χ1n) is 8.17. The molecular formula is C21H19N3. The predicted molar refractivity (Wildman–Crippen MR) is 96.9 cm³/mol. The van der Waals surface area contributed by atoms with Crippen LogP contribution in [0.25, 0.3) is 11.0 Å². The summed E-state index contributed by atoms with van der Waals surface area (Å²) in [7, 11) is 0. The van der Waals surface area contributed by atoms with Gasteiger partial charge in [0.25, 0.3) is 0 Å². The van der Waals surface area contributed by atoms with Crippen molar-refractivity contribution in [1.29, 1.82) is 0 Å². The van der Waals surface area contributed by atoms with Gasteiger partial charge < -0.3 is 0 Å². The molecule has 3 nitrogen and oxygen atoms in total. The summed E-state index contributed by atoms with van der Waals surface area (Å²) in [5.41, 5.74) is 4.36. The van der Waals surface area contributed by atoms with Gasteiger partial charge in [0.2, 0.25) is 0 Å². The third-order valence-corrected chi connectivity index (χ3v) is 4.71. The average Bonchev–Trinajstić information content (AvgIpc) is 3.06. The van der Waals surface area contributed by atoms with Crippen LogP contribution in [0.5, 0.6) is 0 Å². The zero-order valence-electron chi connectivity index (χ0n) is 13.6. The first-order chi connectivity index (χ1) is 11.8. The van der Waals surface area contributed by atoms with E-state index in [0.29, 0.717) is 0 Å². The minimum atomic E-state index is -0.182. The Morgan fingerprint density at radius 1 is 0.750 bits per heavy atom. The molecule has 0 amide bonds. The van der Waals surface area contributed by atoms with Crippen molar-refractivity contribution in [2.75, 3.05) is 0 Å². The van der Waals surface area contributed by atoms with Gasteiger partial charge in [0.05, 0.1) is 12.1 Å². The highest BCUT2D eigenvalue weighted by Crippen LogP contribution is 2.34. The molecule has 118 valence electrons. The maximum atomic E-state index is 4.40. The molecule has 0 aliphatic heterocycles. The average molecular weight is 313 g/mol. The van der Waals surface area contributed by atoms with E-state index < -0.39 is 0 Å². The molecule has 0 aliphatic rings. The van der Waals surface area contributed by atoms with E-state index in [1.807, 2.05) is 22.9 Å². The molecule has 3 heteroatoms. The maximum Gasteiger partial charge on any atom is 0.113 e. The van der Waals surface area contributed by atoms with Crippen molar-refractivity contribution in [2.24, 2.45) is 0 Å². The van der Waals surface area contributed by atoms with Crippen LogP contribution < -0.4 is 0 Å². The molecule has 0 spiro atoms. The molecule has 0 aliphatic carbocycles.